The normalized spacial score (nSPS) is 10.4. The first-order chi connectivity index (χ1) is 7.84. The number of hydrogen-bond acceptors (Lipinski definition) is 2. The quantitative estimate of drug-likeness (QED) is 0.531. The van der Waals surface area contributed by atoms with Gasteiger partial charge in [0, 0.05) is 11.5 Å². The van der Waals surface area contributed by atoms with Crippen LogP contribution in [-0.4, -0.2) is 13.1 Å². The fraction of sp³-hybridized carbons (Fsp3) is 0.182. The molecule has 0 aliphatic heterocycles. The molecule has 6 heteroatoms. The van der Waals surface area contributed by atoms with Crippen molar-refractivity contribution < 1.29 is 22.7 Å². The standard InChI is InChI=1S/C11H6ClF3O2/c1-17-10(16)5-3-7-2-4-8(9(12)6-7)11(13,14)15/h2,4,6H,1H3. The minimum Gasteiger partial charge on any atom is -0.459 e. The van der Waals surface area contributed by atoms with Gasteiger partial charge in [-0.15, -0.1) is 0 Å². The maximum atomic E-state index is 12.4. The van der Waals surface area contributed by atoms with E-state index in [9.17, 15) is 18.0 Å². The van der Waals surface area contributed by atoms with Gasteiger partial charge in [0.15, 0.2) is 0 Å². The third kappa shape index (κ3) is 3.68. The topological polar surface area (TPSA) is 26.3 Å². The summed E-state index contributed by atoms with van der Waals surface area (Å²) in [4.78, 5) is 10.7. The molecule has 0 aliphatic rings. The van der Waals surface area contributed by atoms with E-state index in [0.717, 1.165) is 25.3 Å². The molecule has 0 bridgehead atoms. The molecule has 0 atom stereocenters. The van der Waals surface area contributed by atoms with Crippen molar-refractivity contribution in [1.29, 1.82) is 0 Å². The van der Waals surface area contributed by atoms with Crippen molar-refractivity contribution in [3.8, 4) is 11.8 Å². The molecular weight excluding hydrogens is 257 g/mol. The van der Waals surface area contributed by atoms with Gasteiger partial charge in [0.25, 0.3) is 0 Å². The number of benzene rings is 1. The van der Waals surface area contributed by atoms with E-state index in [1.54, 1.807) is 0 Å². The predicted molar refractivity (Wildman–Crippen MR) is 55.3 cm³/mol. The minimum absolute atomic E-state index is 0.202. The Morgan fingerprint density at radius 1 is 1.41 bits per heavy atom. The summed E-state index contributed by atoms with van der Waals surface area (Å²) in [7, 11) is 1.15. The van der Waals surface area contributed by atoms with E-state index >= 15 is 0 Å². The van der Waals surface area contributed by atoms with Gasteiger partial charge in [-0.1, -0.05) is 17.5 Å². The van der Waals surface area contributed by atoms with Crippen molar-refractivity contribution in [2.75, 3.05) is 7.11 Å². The molecule has 0 aliphatic carbocycles. The van der Waals surface area contributed by atoms with E-state index in [0.29, 0.717) is 0 Å². The highest BCUT2D eigenvalue weighted by atomic mass is 35.5. The monoisotopic (exact) mass is 262 g/mol. The molecule has 0 saturated carbocycles. The van der Waals surface area contributed by atoms with Crippen LogP contribution < -0.4 is 0 Å². The van der Waals surface area contributed by atoms with E-state index in [1.807, 2.05) is 0 Å². The fourth-order valence-corrected chi connectivity index (χ4v) is 1.28. The van der Waals surface area contributed by atoms with Gasteiger partial charge in [0.1, 0.15) is 0 Å². The molecule has 17 heavy (non-hydrogen) atoms. The molecule has 0 amide bonds. The highest BCUT2D eigenvalue weighted by molar-refractivity contribution is 6.31. The van der Waals surface area contributed by atoms with Crippen molar-refractivity contribution in [3.05, 3.63) is 34.3 Å². The largest absolute Gasteiger partial charge is 0.459 e. The van der Waals surface area contributed by atoms with E-state index in [4.69, 9.17) is 11.6 Å². The zero-order valence-electron chi connectivity index (χ0n) is 8.56. The van der Waals surface area contributed by atoms with Gasteiger partial charge >= 0.3 is 12.1 Å². The van der Waals surface area contributed by atoms with Crippen LogP contribution in [0.15, 0.2) is 18.2 Å². The average Bonchev–Trinajstić information content (AvgIpc) is 2.24. The molecule has 0 saturated heterocycles. The maximum absolute atomic E-state index is 12.4. The van der Waals surface area contributed by atoms with Crippen LogP contribution in [0.2, 0.25) is 5.02 Å². The Hall–Kier alpha value is -1.67. The van der Waals surface area contributed by atoms with Crippen molar-refractivity contribution >= 4 is 17.6 Å². The summed E-state index contributed by atoms with van der Waals surface area (Å²) < 4.78 is 41.3. The number of halogens is 4. The second-order valence-electron chi connectivity index (χ2n) is 2.93. The summed E-state index contributed by atoms with van der Waals surface area (Å²) in [5, 5.41) is -0.464. The average molecular weight is 263 g/mol. The lowest BCUT2D eigenvalue weighted by Crippen LogP contribution is -2.05. The van der Waals surface area contributed by atoms with E-state index in [-0.39, 0.29) is 5.56 Å². The predicted octanol–water partition coefficient (Wildman–Crippen LogP) is 2.88. The maximum Gasteiger partial charge on any atom is 0.417 e. The second kappa shape index (κ2) is 5.11. The van der Waals surface area contributed by atoms with Crippen molar-refractivity contribution in [2.24, 2.45) is 0 Å². The fourth-order valence-electron chi connectivity index (χ4n) is 0.997. The van der Waals surface area contributed by atoms with Crippen LogP contribution in [0.1, 0.15) is 11.1 Å². The molecule has 0 fully saturated rings. The molecule has 0 heterocycles. The lowest BCUT2D eigenvalue weighted by molar-refractivity contribution is -0.137. The third-order valence-corrected chi connectivity index (χ3v) is 2.08. The van der Waals surface area contributed by atoms with Gasteiger partial charge in [-0.3, -0.25) is 0 Å². The van der Waals surface area contributed by atoms with Crippen LogP contribution in [0.4, 0.5) is 13.2 Å². The number of esters is 1. The van der Waals surface area contributed by atoms with Gasteiger partial charge in [-0.05, 0) is 18.2 Å². The first-order valence-corrected chi connectivity index (χ1v) is 4.69. The van der Waals surface area contributed by atoms with Gasteiger partial charge in [-0.25, -0.2) is 4.79 Å². The molecule has 1 aromatic carbocycles. The molecule has 0 aromatic heterocycles. The number of methoxy groups -OCH3 is 1. The summed E-state index contributed by atoms with van der Waals surface area (Å²) in [6, 6.07) is 2.98. The number of carbonyl (C=O) groups is 1. The highest BCUT2D eigenvalue weighted by Crippen LogP contribution is 2.34. The highest BCUT2D eigenvalue weighted by Gasteiger charge is 2.32. The number of ether oxygens (including phenoxy) is 1. The second-order valence-corrected chi connectivity index (χ2v) is 3.34. The Morgan fingerprint density at radius 2 is 2.06 bits per heavy atom. The Balaban J connectivity index is 3.04. The number of rotatable bonds is 0. The summed E-state index contributed by atoms with van der Waals surface area (Å²) in [5.41, 5.74) is -0.740. The van der Waals surface area contributed by atoms with Gasteiger partial charge in [0.05, 0.1) is 17.7 Å². The minimum atomic E-state index is -4.51. The Morgan fingerprint density at radius 3 is 2.53 bits per heavy atom. The first-order valence-electron chi connectivity index (χ1n) is 4.31. The van der Waals surface area contributed by atoms with Gasteiger partial charge in [-0.2, -0.15) is 13.2 Å². The summed E-state index contributed by atoms with van der Waals surface area (Å²) in [6.45, 7) is 0. The molecular formula is C11H6ClF3O2. The molecule has 2 nitrogen and oxygen atoms in total. The molecule has 90 valence electrons. The Kier molecular flexibility index (Phi) is 4.02. The van der Waals surface area contributed by atoms with Crippen LogP contribution >= 0.6 is 11.6 Å². The van der Waals surface area contributed by atoms with Crippen molar-refractivity contribution in [2.45, 2.75) is 6.18 Å². The zero-order valence-corrected chi connectivity index (χ0v) is 9.32. The molecule has 0 N–H and O–H groups in total. The lowest BCUT2D eigenvalue weighted by atomic mass is 10.1. The molecule has 0 spiro atoms. The van der Waals surface area contributed by atoms with E-state index in [2.05, 4.69) is 16.6 Å². The summed E-state index contributed by atoms with van der Waals surface area (Å²) >= 11 is 5.46. The summed E-state index contributed by atoms with van der Waals surface area (Å²) in [6.07, 6.45) is -4.51. The SMILES string of the molecule is COC(=O)C#Cc1ccc(C(F)(F)F)c(Cl)c1. The lowest BCUT2D eigenvalue weighted by Gasteiger charge is -2.08. The first kappa shape index (κ1) is 13.4. The van der Waals surface area contributed by atoms with E-state index in [1.165, 1.54) is 0 Å². The Bertz CT molecular complexity index is 498. The van der Waals surface area contributed by atoms with Gasteiger partial charge < -0.3 is 4.74 Å². The molecule has 0 radical (unpaired) electrons. The van der Waals surface area contributed by atoms with E-state index < -0.39 is 22.7 Å². The van der Waals surface area contributed by atoms with Crippen molar-refractivity contribution in [3.63, 3.8) is 0 Å². The van der Waals surface area contributed by atoms with Crippen LogP contribution in [0, 0.1) is 11.8 Å². The molecule has 1 aromatic rings. The van der Waals surface area contributed by atoms with Gasteiger partial charge in [0.2, 0.25) is 0 Å². The Labute approximate surface area is 100 Å². The van der Waals surface area contributed by atoms with Crippen LogP contribution in [0.3, 0.4) is 0 Å². The number of hydrogen-bond donors (Lipinski definition) is 0. The van der Waals surface area contributed by atoms with Crippen LogP contribution in [0.25, 0.3) is 0 Å². The van der Waals surface area contributed by atoms with Crippen molar-refractivity contribution in [1.82, 2.24) is 0 Å². The number of alkyl halides is 3. The smallest absolute Gasteiger partial charge is 0.417 e. The van der Waals surface area contributed by atoms with Crippen LogP contribution in [0.5, 0.6) is 0 Å². The summed E-state index contributed by atoms with van der Waals surface area (Å²) in [5.74, 6) is 3.64. The molecule has 0 unspecified atom stereocenters. The number of carbonyl (C=O) groups excluding carboxylic acids is 1. The molecule has 1 rings (SSSR count). The third-order valence-electron chi connectivity index (χ3n) is 1.77. The zero-order chi connectivity index (χ0) is 13.1. The van der Waals surface area contributed by atoms with Crippen LogP contribution in [-0.2, 0) is 15.7 Å².